The van der Waals surface area contributed by atoms with Crippen LogP contribution in [0.2, 0.25) is 0 Å². The van der Waals surface area contributed by atoms with Crippen LogP contribution in [-0.2, 0) is 19.1 Å². The van der Waals surface area contributed by atoms with E-state index in [9.17, 15) is 9.59 Å². The Balaban J connectivity index is 5.19. The van der Waals surface area contributed by atoms with Crippen LogP contribution in [0.4, 0.5) is 0 Å². The predicted octanol–water partition coefficient (Wildman–Crippen LogP) is 2.09. The molecule has 0 heterocycles. The quantitative estimate of drug-likeness (QED) is 0.411. The number of hydrogen-bond acceptors (Lipinski definition) is 4. The van der Waals surface area contributed by atoms with Gasteiger partial charge in [-0.15, -0.1) is 0 Å². The Morgan fingerprint density at radius 2 is 1.50 bits per heavy atom. The van der Waals surface area contributed by atoms with Crippen LogP contribution in [0.1, 0.15) is 34.6 Å². The van der Waals surface area contributed by atoms with Gasteiger partial charge in [-0.05, 0) is 40.2 Å². The minimum atomic E-state index is -1.33. The lowest BCUT2D eigenvalue weighted by atomic mass is 9.82. The van der Waals surface area contributed by atoms with Gasteiger partial charge >= 0.3 is 11.9 Å². The summed E-state index contributed by atoms with van der Waals surface area (Å²) in [6.07, 6.45) is 1.72. The second-order valence-electron chi connectivity index (χ2n) is 3.54. The van der Waals surface area contributed by atoms with E-state index >= 15 is 0 Å². The lowest BCUT2D eigenvalue weighted by Gasteiger charge is -2.25. The summed E-state index contributed by atoms with van der Waals surface area (Å²) in [6.45, 7) is 8.90. The molecule has 0 aromatic heterocycles. The molecule has 0 saturated heterocycles. The summed E-state index contributed by atoms with van der Waals surface area (Å²) in [5.41, 5.74) is -0.703. The zero-order valence-electron chi connectivity index (χ0n) is 10.6. The molecule has 0 radical (unpaired) electrons. The molecule has 0 aromatic carbocycles. The number of carbonyl (C=O) groups excluding carboxylic acids is 2. The highest BCUT2D eigenvalue weighted by molar-refractivity contribution is 6.02. The maximum absolute atomic E-state index is 11.8. The molecular formula is C12H20O4. The van der Waals surface area contributed by atoms with Crippen molar-refractivity contribution in [2.75, 3.05) is 13.2 Å². The van der Waals surface area contributed by atoms with Gasteiger partial charge in [-0.3, -0.25) is 9.59 Å². The Bertz CT molecular complexity index is 273. The summed E-state index contributed by atoms with van der Waals surface area (Å²) in [4.78, 5) is 23.6. The van der Waals surface area contributed by atoms with Crippen LogP contribution in [0, 0.1) is 5.41 Å². The number of ether oxygens (including phenoxy) is 2. The summed E-state index contributed by atoms with van der Waals surface area (Å²) < 4.78 is 9.83. The van der Waals surface area contributed by atoms with E-state index in [0.29, 0.717) is 5.57 Å². The van der Waals surface area contributed by atoms with Crippen LogP contribution >= 0.6 is 0 Å². The van der Waals surface area contributed by atoms with Gasteiger partial charge in [-0.25, -0.2) is 0 Å². The third-order valence-corrected chi connectivity index (χ3v) is 2.59. The number of allylic oxidation sites excluding steroid dienone is 1. The van der Waals surface area contributed by atoms with Gasteiger partial charge < -0.3 is 9.47 Å². The average Bonchev–Trinajstić information content (AvgIpc) is 2.27. The Morgan fingerprint density at radius 3 is 1.75 bits per heavy atom. The van der Waals surface area contributed by atoms with Crippen molar-refractivity contribution < 1.29 is 19.1 Å². The van der Waals surface area contributed by atoms with Gasteiger partial charge in [0.15, 0.2) is 5.41 Å². The van der Waals surface area contributed by atoms with Crippen molar-refractivity contribution in [2.24, 2.45) is 5.41 Å². The van der Waals surface area contributed by atoms with Crippen LogP contribution < -0.4 is 0 Å². The molecule has 0 rings (SSSR count). The predicted molar refractivity (Wildman–Crippen MR) is 60.8 cm³/mol. The van der Waals surface area contributed by atoms with Crippen LogP contribution in [0.25, 0.3) is 0 Å². The summed E-state index contributed by atoms with van der Waals surface area (Å²) in [5.74, 6) is -1.13. The first-order valence-corrected chi connectivity index (χ1v) is 5.42. The fourth-order valence-corrected chi connectivity index (χ4v) is 1.24. The highest BCUT2D eigenvalue weighted by atomic mass is 16.6. The fourth-order valence-electron chi connectivity index (χ4n) is 1.24. The smallest absolute Gasteiger partial charge is 0.327 e. The molecular weight excluding hydrogens is 208 g/mol. The summed E-state index contributed by atoms with van der Waals surface area (Å²) in [7, 11) is 0. The standard InChI is InChI=1S/C12H20O4/c1-6-9(4)12(5,10(13)15-7-2)11(14)16-8-3/h6H,7-8H2,1-5H3/b9-6-. The highest BCUT2D eigenvalue weighted by Crippen LogP contribution is 2.30. The Labute approximate surface area is 96.6 Å². The average molecular weight is 228 g/mol. The third-order valence-electron chi connectivity index (χ3n) is 2.59. The number of rotatable bonds is 5. The monoisotopic (exact) mass is 228 g/mol. The van der Waals surface area contributed by atoms with E-state index in [-0.39, 0.29) is 13.2 Å². The van der Waals surface area contributed by atoms with Crippen molar-refractivity contribution in [3.63, 3.8) is 0 Å². The molecule has 0 spiro atoms. The molecule has 0 aromatic rings. The normalized spacial score (nSPS) is 12.2. The van der Waals surface area contributed by atoms with Crippen LogP contribution in [0.15, 0.2) is 11.6 Å². The van der Waals surface area contributed by atoms with E-state index in [0.717, 1.165) is 0 Å². The van der Waals surface area contributed by atoms with Gasteiger partial charge in [0.25, 0.3) is 0 Å². The molecule has 0 bridgehead atoms. The maximum Gasteiger partial charge on any atom is 0.327 e. The number of hydrogen-bond donors (Lipinski definition) is 0. The summed E-state index contributed by atoms with van der Waals surface area (Å²) in [5, 5.41) is 0. The molecule has 0 aliphatic heterocycles. The molecule has 4 heteroatoms. The van der Waals surface area contributed by atoms with Crippen molar-refractivity contribution >= 4 is 11.9 Å². The first-order valence-electron chi connectivity index (χ1n) is 5.42. The highest BCUT2D eigenvalue weighted by Gasteiger charge is 2.45. The summed E-state index contributed by atoms with van der Waals surface area (Å²) >= 11 is 0. The lowest BCUT2D eigenvalue weighted by molar-refractivity contribution is -0.167. The van der Waals surface area contributed by atoms with Crippen molar-refractivity contribution in [3.8, 4) is 0 Å². The fraction of sp³-hybridized carbons (Fsp3) is 0.667. The SMILES string of the molecule is C/C=C(/C)C(C)(C(=O)OCC)C(=O)OCC. The van der Waals surface area contributed by atoms with Gasteiger partial charge in [-0.1, -0.05) is 6.08 Å². The van der Waals surface area contributed by atoms with Crippen molar-refractivity contribution in [1.82, 2.24) is 0 Å². The van der Waals surface area contributed by atoms with Crippen molar-refractivity contribution in [3.05, 3.63) is 11.6 Å². The Kier molecular flexibility index (Phi) is 5.78. The first-order chi connectivity index (χ1) is 7.44. The zero-order valence-corrected chi connectivity index (χ0v) is 10.6. The Hall–Kier alpha value is -1.32. The van der Waals surface area contributed by atoms with Crippen LogP contribution in [0.3, 0.4) is 0 Å². The third kappa shape index (κ3) is 2.84. The molecule has 0 fully saturated rings. The second kappa shape index (κ2) is 6.30. The minimum Gasteiger partial charge on any atom is -0.465 e. The van der Waals surface area contributed by atoms with E-state index in [1.807, 2.05) is 0 Å². The Morgan fingerprint density at radius 1 is 1.12 bits per heavy atom. The van der Waals surface area contributed by atoms with E-state index in [1.54, 1.807) is 33.8 Å². The first kappa shape index (κ1) is 14.7. The molecule has 0 N–H and O–H groups in total. The van der Waals surface area contributed by atoms with E-state index in [2.05, 4.69) is 0 Å². The maximum atomic E-state index is 11.8. The van der Waals surface area contributed by atoms with Crippen molar-refractivity contribution in [1.29, 1.82) is 0 Å². The largest absolute Gasteiger partial charge is 0.465 e. The van der Waals surface area contributed by atoms with Gasteiger partial charge in [-0.2, -0.15) is 0 Å². The molecule has 0 amide bonds. The molecule has 0 saturated carbocycles. The van der Waals surface area contributed by atoms with Gasteiger partial charge in [0.2, 0.25) is 0 Å². The van der Waals surface area contributed by atoms with Crippen LogP contribution in [0.5, 0.6) is 0 Å². The molecule has 0 atom stereocenters. The topological polar surface area (TPSA) is 52.6 Å². The molecule has 0 aliphatic carbocycles. The van der Waals surface area contributed by atoms with E-state index in [4.69, 9.17) is 9.47 Å². The number of esters is 2. The summed E-state index contributed by atoms with van der Waals surface area (Å²) in [6, 6.07) is 0. The number of carbonyl (C=O) groups is 2. The zero-order chi connectivity index (χ0) is 12.8. The molecule has 16 heavy (non-hydrogen) atoms. The lowest BCUT2D eigenvalue weighted by Crippen LogP contribution is -2.40. The van der Waals surface area contributed by atoms with Gasteiger partial charge in [0.05, 0.1) is 13.2 Å². The molecule has 92 valence electrons. The molecule has 0 unspecified atom stereocenters. The van der Waals surface area contributed by atoms with Gasteiger partial charge in [0, 0.05) is 0 Å². The molecule has 0 aliphatic rings. The minimum absolute atomic E-state index is 0.241. The van der Waals surface area contributed by atoms with E-state index < -0.39 is 17.4 Å². The van der Waals surface area contributed by atoms with E-state index in [1.165, 1.54) is 6.92 Å². The van der Waals surface area contributed by atoms with Crippen LogP contribution in [-0.4, -0.2) is 25.2 Å². The second-order valence-corrected chi connectivity index (χ2v) is 3.54. The molecule has 4 nitrogen and oxygen atoms in total. The van der Waals surface area contributed by atoms with Crippen molar-refractivity contribution in [2.45, 2.75) is 34.6 Å². The van der Waals surface area contributed by atoms with Gasteiger partial charge in [0.1, 0.15) is 0 Å².